The normalized spacial score (nSPS) is 26.2. The first-order valence-corrected chi connectivity index (χ1v) is 15.0. The molecule has 0 spiro atoms. The van der Waals surface area contributed by atoms with Crippen LogP contribution in [0, 0.1) is 17.7 Å². The number of halogens is 4. The SMILES string of the molecule is OC1(c2nc3c(F)cc(Br)cc3s2)C2CCC1CC(OCc1c(-c3ccccc3OC(F)F)noc1C1CC1)C2. The van der Waals surface area contributed by atoms with Crippen molar-refractivity contribution in [2.75, 3.05) is 0 Å². The molecule has 3 fully saturated rings. The van der Waals surface area contributed by atoms with Gasteiger partial charge >= 0.3 is 6.61 Å². The van der Waals surface area contributed by atoms with Crippen molar-refractivity contribution < 1.29 is 32.3 Å². The van der Waals surface area contributed by atoms with Crippen molar-refractivity contribution >= 4 is 37.5 Å². The maximum Gasteiger partial charge on any atom is 0.387 e. The van der Waals surface area contributed by atoms with Gasteiger partial charge in [-0.3, -0.25) is 0 Å². The van der Waals surface area contributed by atoms with E-state index in [4.69, 9.17) is 14.0 Å². The summed E-state index contributed by atoms with van der Waals surface area (Å²) >= 11 is 4.69. The van der Waals surface area contributed by atoms with E-state index in [1.807, 2.05) is 6.07 Å². The summed E-state index contributed by atoms with van der Waals surface area (Å²) in [5.74, 6) is 0.488. The van der Waals surface area contributed by atoms with Crippen molar-refractivity contribution in [3.8, 4) is 17.0 Å². The summed E-state index contributed by atoms with van der Waals surface area (Å²) in [6, 6.07) is 9.78. The van der Waals surface area contributed by atoms with Crippen molar-refractivity contribution in [2.24, 2.45) is 11.8 Å². The quantitative estimate of drug-likeness (QED) is 0.212. The Labute approximate surface area is 240 Å². The first-order chi connectivity index (χ1) is 19.3. The van der Waals surface area contributed by atoms with E-state index in [9.17, 15) is 18.3 Å². The summed E-state index contributed by atoms with van der Waals surface area (Å²) in [6.45, 7) is -2.74. The molecule has 4 aromatic rings. The van der Waals surface area contributed by atoms with Crippen LogP contribution in [0.1, 0.15) is 60.8 Å². The number of alkyl halides is 2. The highest BCUT2D eigenvalue weighted by Crippen LogP contribution is 2.57. The Kier molecular flexibility index (Phi) is 6.68. The van der Waals surface area contributed by atoms with Crippen LogP contribution in [-0.4, -0.2) is 28.0 Å². The highest BCUT2D eigenvalue weighted by molar-refractivity contribution is 9.10. The van der Waals surface area contributed by atoms with Crippen LogP contribution in [0.3, 0.4) is 0 Å². The molecule has 6 nitrogen and oxygen atoms in total. The van der Waals surface area contributed by atoms with Crippen LogP contribution in [0.5, 0.6) is 5.75 Å². The van der Waals surface area contributed by atoms with Crippen LogP contribution in [0.15, 0.2) is 45.4 Å². The Balaban J connectivity index is 1.13. The number of para-hydroxylation sites is 1. The largest absolute Gasteiger partial charge is 0.434 e. The average molecular weight is 636 g/mol. The predicted octanol–water partition coefficient (Wildman–Crippen LogP) is 7.92. The first kappa shape index (κ1) is 26.4. The number of benzene rings is 2. The molecule has 40 heavy (non-hydrogen) atoms. The number of aliphatic hydroxyl groups is 1. The minimum absolute atomic E-state index is 0.0365. The topological polar surface area (TPSA) is 77.6 Å². The summed E-state index contributed by atoms with van der Waals surface area (Å²) in [5.41, 5.74) is 0.822. The maximum absolute atomic E-state index is 14.6. The van der Waals surface area contributed by atoms with Crippen molar-refractivity contribution in [2.45, 2.75) is 69.4 Å². The summed E-state index contributed by atoms with van der Waals surface area (Å²) < 4.78 is 59.0. The number of fused-ring (bicyclic) bond motifs is 3. The molecule has 2 aromatic heterocycles. The number of ether oxygens (including phenoxy) is 2. The fourth-order valence-corrected chi connectivity index (χ4v) is 8.37. The highest BCUT2D eigenvalue weighted by atomic mass is 79.9. The van der Waals surface area contributed by atoms with Gasteiger partial charge in [-0.1, -0.05) is 33.2 Å². The summed E-state index contributed by atoms with van der Waals surface area (Å²) in [6.07, 6.45) is 4.81. The molecule has 0 radical (unpaired) electrons. The number of nitrogens with zero attached hydrogens (tertiary/aromatic N) is 2. The molecule has 2 atom stereocenters. The van der Waals surface area contributed by atoms with Crippen LogP contribution in [0.2, 0.25) is 0 Å². The zero-order valence-electron chi connectivity index (χ0n) is 21.3. The van der Waals surface area contributed by atoms with E-state index < -0.39 is 18.0 Å². The van der Waals surface area contributed by atoms with Gasteiger partial charge in [-0.05, 0) is 74.6 Å². The first-order valence-electron chi connectivity index (χ1n) is 13.4. The fraction of sp³-hybridized carbons (Fsp3) is 0.448. The van der Waals surface area contributed by atoms with Gasteiger partial charge in [-0.25, -0.2) is 9.37 Å². The molecule has 0 amide bonds. The molecule has 2 aromatic carbocycles. The molecule has 2 bridgehead atoms. The highest BCUT2D eigenvalue weighted by Gasteiger charge is 2.56. The molecular weight excluding hydrogens is 609 g/mol. The number of rotatable bonds is 8. The van der Waals surface area contributed by atoms with Gasteiger partial charge in [0.25, 0.3) is 0 Å². The number of thiazole rings is 1. The predicted molar refractivity (Wildman–Crippen MR) is 146 cm³/mol. The van der Waals surface area contributed by atoms with E-state index in [1.54, 1.807) is 18.2 Å². The number of hydrogen-bond acceptors (Lipinski definition) is 7. The minimum Gasteiger partial charge on any atom is -0.434 e. The Morgan fingerprint density at radius 2 is 1.88 bits per heavy atom. The van der Waals surface area contributed by atoms with Gasteiger partial charge in [-0.15, -0.1) is 11.3 Å². The molecule has 3 aliphatic carbocycles. The average Bonchev–Trinajstić information content (AvgIpc) is 3.49. The molecule has 2 heterocycles. The second kappa shape index (κ2) is 10.1. The van der Waals surface area contributed by atoms with E-state index in [0.717, 1.165) is 37.0 Å². The van der Waals surface area contributed by atoms with E-state index in [1.165, 1.54) is 23.5 Å². The molecule has 3 saturated carbocycles. The Morgan fingerprint density at radius 3 is 2.60 bits per heavy atom. The molecule has 210 valence electrons. The molecule has 3 aliphatic rings. The number of aromatic nitrogens is 2. The van der Waals surface area contributed by atoms with E-state index in [2.05, 4.69) is 26.1 Å². The van der Waals surface area contributed by atoms with Gasteiger partial charge in [0.2, 0.25) is 0 Å². The number of hydrogen-bond donors (Lipinski definition) is 1. The molecule has 1 N–H and O–H groups in total. The second-order valence-electron chi connectivity index (χ2n) is 11.0. The minimum atomic E-state index is -2.96. The molecular formula is C29H26BrF3N2O4S. The van der Waals surface area contributed by atoms with Crippen LogP contribution < -0.4 is 4.74 Å². The van der Waals surface area contributed by atoms with Crippen LogP contribution in [-0.2, 0) is 16.9 Å². The Morgan fingerprint density at radius 1 is 1.12 bits per heavy atom. The molecule has 11 heteroatoms. The summed E-state index contributed by atoms with van der Waals surface area (Å²) in [7, 11) is 0. The van der Waals surface area contributed by atoms with E-state index >= 15 is 0 Å². The third kappa shape index (κ3) is 4.55. The molecule has 7 rings (SSSR count). The van der Waals surface area contributed by atoms with Gasteiger partial charge in [-0.2, -0.15) is 8.78 Å². The Bertz CT molecular complexity index is 1560. The van der Waals surface area contributed by atoms with Gasteiger partial charge in [0, 0.05) is 21.5 Å². The van der Waals surface area contributed by atoms with Crippen LogP contribution >= 0.6 is 27.3 Å². The summed E-state index contributed by atoms with van der Waals surface area (Å²) in [5, 5.41) is 16.8. The van der Waals surface area contributed by atoms with Gasteiger partial charge in [0.1, 0.15) is 33.3 Å². The van der Waals surface area contributed by atoms with Crippen LogP contribution in [0.4, 0.5) is 13.2 Å². The monoisotopic (exact) mass is 634 g/mol. The van der Waals surface area contributed by atoms with Gasteiger partial charge < -0.3 is 19.1 Å². The lowest BCUT2D eigenvalue weighted by atomic mass is 9.73. The smallest absolute Gasteiger partial charge is 0.387 e. The van der Waals surface area contributed by atoms with Crippen molar-refractivity contribution in [1.29, 1.82) is 0 Å². The zero-order chi connectivity index (χ0) is 27.6. The summed E-state index contributed by atoms with van der Waals surface area (Å²) in [4.78, 5) is 4.56. The van der Waals surface area contributed by atoms with Crippen molar-refractivity contribution in [1.82, 2.24) is 10.1 Å². The Hall–Kier alpha value is -2.47. The molecule has 2 unspecified atom stereocenters. The maximum atomic E-state index is 14.6. The molecule has 0 saturated heterocycles. The lowest BCUT2D eigenvalue weighted by Crippen LogP contribution is -2.44. The van der Waals surface area contributed by atoms with Crippen molar-refractivity contribution in [3.05, 3.63) is 63.0 Å². The second-order valence-corrected chi connectivity index (χ2v) is 12.9. The van der Waals surface area contributed by atoms with Crippen molar-refractivity contribution in [3.63, 3.8) is 0 Å². The fourth-order valence-electron chi connectivity index (χ4n) is 6.52. The van der Waals surface area contributed by atoms with E-state index in [0.29, 0.717) is 38.3 Å². The zero-order valence-corrected chi connectivity index (χ0v) is 23.7. The molecule has 0 aliphatic heterocycles. The standard InChI is InChI=1S/C29H26BrF3N2O4S/c30-17-11-21(31)25-23(12-17)40-27(34-25)29(36)15-7-8-16(29)10-18(9-15)37-13-20-24(35-39-26(20)14-5-6-14)19-3-1-2-4-22(19)38-28(32)33/h1-4,11-12,14-16,18,28,36H,5-10,13H2. The van der Waals surface area contributed by atoms with E-state index in [-0.39, 0.29) is 41.7 Å². The van der Waals surface area contributed by atoms with Crippen LogP contribution in [0.25, 0.3) is 21.5 Å². The van der Waals surface area contributed by atoms with Gasteiger partial charge in [0.15, 0.2) is 5.82 Å². The lowest BCUT2D eigenvalue weighted by molar-refractivity contribution is -0.116. The third-order valence-electron chi connectivity index (χ3n) is 8.55. The third-order valence-corrected chi connectivity index (χ3v) is 10.1. The lowest BCUT2D eigenvalue weighted by Gasteiger charge is -2.41. The van der Waals surface area contributed by atoms with Gasteiger partial charge in [0.05, 0.1) is 17.4 Å².